The number of nitro benzene ring substituents is 1. The highest BCUT2D eigenvalue weighted by Crippen LogP contribution is 2.24. The highest BCUT2D eigenvalue weighted by Gasteiger charge is 2.12. The third-order valence-corrected chi connectivity index (χ3v) is 4.23. The van der Waals surface area contributed by atoms with Crippen LogP contribution < -0.4 is 10.3 Å². The molecule has 144 valence electrons. The van der Waals surface area contributed by atoms with Crippen molar-refractivity contribution in [1.82, 2.24) is 14.9 Å². The molecule has 0 aliphatic carbocycles. The van der Waals surface area contributed by atoms with E-state index in [0.29, 0.717) is 22.8 Å². The molecule has 3 aromatic rings. The molecule has 28 heavy (non-hydrogen) atoms. The summed E-state index contributed by atoms with van der Waals surface area (Å²) in [5.41, 5.74) is 3.87. The van der Waals surface area contributed by atoms with Crippen molar-refractivity contribution in [1.29, 1.82) is 0 Å². The summed E-state index contributed by atoms with van der Waals surface area (Å²) in [6, 6.07) is 11.7. The SMILES string of the molecule is CCOc1ccc(-c2n[nH]c(=S)n2N/N=C\c2ccc(Cl)c([N+](=O)[O-])c2)cc1. The lowest BCUT2D eigenvalue weighted by Gasteiger charge is -2.07. The van der Waals surface area contributed by atoms with Crippen molar-refractivity contribution >= 4 is 35.7 Å². The van der Waals surface area contributed by atoms with Crippen LogP contribution in [0.15, 0.2) is 47.6 Å². The van der Waals surface area contributed by atoms with Crippen LogP contribution in [0.1, 0.15) is 12.5 Å². The van der Waals surface area contributed by atoms with E-state index in [9.17, 15) is 10.1 Å². The number of hydrogen-bond donors (Lipinski definition) is 2. The minimum Gasteiger partial charge on any atom is -0.494 e. The molecular weight excluding hydrogens is 404 g/mol. The summed E-state index contributed by atoms with van der Waals surface area (Å²) in [4.78, 5) is 10.4. The van der Waals surface area contributed by atoms with E-state index in [1.165, 1.54) is 23.0 Å². The number of rotatable bonds is 7. The molecule has 2 aromatic carbocycles. The Morgan fingerprint density at radius 2 is 2.14 bits per heavy atom. The molecule has 0 bridgehead atoms. The summed E-state index contributed by atoms with van der Waals surface area (Å²) in [6.07, 6.45) is 1.42. The number of aromatic amines is 1. The highest BCUT2D eigenvalue weighted by atomic mass is 35.5. The number of nitrogens with zero attached hydrogens (tertiary/aromatic N) is 4. The van der Waals surface area contributed by atoms with Gasteiger partial charge in [0, 0.05) is 17.2 Å². The maximum Gasteiger partial charge on any atom is 0.288 e. The van der Waals surface area contributed by atoms with Gasteiger partial charge in [-0.15, -0.1) is 0 Å². The van der Waals surface area contributed by atoms with Crippen LogP contribution in [-0.4, -0.2) is 32.6 Å². The Kier molecular flexibility index (Phi) is 6.02. The Balaban J connectivity index is 1.81. The predicted octanol–water partition coefficient (Wildman–Crippen LogP) is 4.15. The Bertz CT molecular complexity index is 1080. The van der Waals surface area contributed by atoms with Gasteiger partial charge in [0.2, 0.25) is 4.77 Å². The first-order valence-corrected chi connectivity index (χ1v) is 8.92. The molecule has 2 N–H and O–H groups in total. The summed E-state index contributed by atoms with van der Waals surface area (Å²) in [5, 5.41) is 22.0. The van der Waals surface area contributed by atoms with Crippen LogP contribution in [0, 0.1) is 14.9 Å². The van der Waals surface area contributed by atoms with E-state index in [2.05, 4.69) is 20.8 Å². The molecular formula is C17H15ClN6O3S. The van der Waals surface area contributed by atoms with Crippen molar-refractivity contribution in [3.8, 4) is 17.1 Å². The number of aromatic nitrogens is 3. The van der Waals surface area contributed by atoms with Gasteiger partial charge < -0.3 is 4.74 Å². The molecule has 0 saturated carbocycles. The Hall–Kier alpha value is -3.24. The van der Waals surface area contributed by atoms with Crippen molar-refractivity contribution in [2.75, 3.05) is 12.1 Å². The Morgan fingerprint density at radius 3 is 2.82 bits per heavy atom. The van der Waals surface area contributed by atoms with Crippen LogP contribution >= 0.6 is 23.8 Å². The lowest BCUT2D eigenvalue weighted by atomic mass is 10.2. The largest absolute Gasteiger partial charge is 0.494 e. The van der Waals surface area contributed by atoms with Gasteiger partial charge in [-0.25, -0.2) is 10.6 Å². The molecule has 0 saturated heterocycles. The Labute approximate surface area is 169 Å². The molecule has 0 radical (unpaired) electrons. The van der Waals surface area contributed by atoms with E-state index in [1.54, 1.807) is 6.07 Å². The fourth-order valence-corrected chi connectivity index (χ4v) is 2.72. The fourth-order valence-electron chi connectivity index (χ4n) is 2.36. The second-order valence-electron chi connectivity index (χ2n) is 5.47. The minimum atomic E-state index is -0.552. The number of hydrogen-bond acceptors (Lipinski definition) is 7. The molecule has 0 amide bonds. The van der Waals surface area contributed by atoms with Crippen molar-refractivity contribution in [2.24, 2.45) is 5.10 Å². The molecule has 1 aromatic heterocycles. The van der Waals surface area contributed by atoms with Gasteiger partial charge in [-0.3, -0.25) is 10.1 Å². The number of nitrogens with one attached hydrogen (secondary N) is 2. The second-order valence-corrected chi connectivity index (χ2v) is 6.27. The van der Waals surface area contributed by atoms with Gasteiger partial charge in [-0.1, -0.05) is 17.7 Å². The average molecular weight is 419 g/mol. The van der Waals surface area contributed by atoms with Crippen molar-refractivity contribution in [3.05, 3.63) is 67.9 Å². The summed E-state index contributed by atoms with van der Waals surface area (Å²) in [5.74, 6) is 1.27. The maximum absolute atomic E-state index is 11.0. The van der Waals surface area contributed by atoms with Crippen LogP contribution in [0.25, 0.3) is 11.4 Å². The summed E-state index contributed by atoms with van der Waals surface area (Å²) in [7, 11) is 0. The van der Waals surface area contributed by atoms with E-state index in [4.69, 9.17) is 28.6 Å². The molecule has 0 aliphatic rings. The average Bonchev–Trinajstić information content (AvgIpc) is 3.04. The van der Waals surface area contributed by atoms with Crippen LogP contribution in [-0.2, 0) is 0 Å². The van der Waals surface area contributed by atoms with Crippen molar-refractivity contribution in [3.63, 3.8) is 0 Å². The van der Waals surface area contributed by atoms with Gasteiger partial charge in [-0.05, 0) is 49.5 Å². The number of halogens is 1. The molecule has 0 fully saturated rings. The number of hydrazone groups is 1. The maximum atomic E-state index is 11.0. The smallest absolute Gasteiger partial charge is 0.288 e. The van der Waals surface area contributed by atoms with E-state index in [0.717, 1.165) is 11.3 Å². The first-order chi connectivity index (χ1) is 13.5. The number of benzene rings is 2. The Morgan fingerprint density at radius 1 is 1.39 bits per heavy atom. The topological polar surface area (TPSA) is 110 Å². The van der Waals surface area contributed by atoms with E-state index in [-0.39, 0.29) is 10.7 Å². The van der Waals surface area contributed by atoms with Crippen molar-refractivity contribution < 1.29 is 9.66 Å². The second kappa shape index (κ2) is 8.63. The molecule has 0 unspecified atom stereocenters. The molecule has 0 atom stereocenters. The molecule has 1 heterocycles. The molecule has 0 spiro atoms. The molecule has 9 nitrogen and oxygen atoms in total. The van der Waals surface area contributed by atoms with E-state index >= 15 is 0 Å². The van der Waals surface area contributed by atoms with Gasteiger partial charge in [-0.2, -0.15) is 14.9 Å². The van der Waals surface area contributed by atoms with Crippen molar-refractivity contribution in [2.45, 2.75) is 6.92 Å². The zero-order chi connectivity index (χ0) is 20.1. The zero-order valence-electron chi connectivity index (χ0n) is 14.6. The number of nitro groups is 1. The monoisotopic (exact) mass is 418 g/mol. The quantitative estimate of drug-likeness (QED) is 0.258. The zero-order valence-corrected chi connectivity index (χ0v) is 16.2. The fraction of sp³-hybridized carbons (Fsp3) is 0.118. The molecule has 11 heteroatoms. The predicted molar refractivity (Wildman–Crippen MR) is 109 cm³/mol. The van der Waals surface area contributed by atoms with Gasteiger partial charge >= 0.3 is 0 Å². The summed E-state index contributed by atoms with van der Waals surface area (Å²) < 4.78 is 7.22. The highest BCUT2D eigenvalue weighted by molar-refractivity contribution is 7.71. The van der Waals surface area contributed by atoms with E-state index < -0.39 is 4.92 Å². The molecule has 0 aliphatic heterocycles. The van der Waals surface area contributed by atoms with Gasteiger partial charge in [0.1, 0.15) is 10.8 Å². The lowest BCUT2D eigenvalue weighted by molar-refractivity contribution is -0.384. The lowest BCUT2D eigenvalue weighted by Crippen LogP contribution is -2.10. The van der Waals surface area contributed by atoms with Gasteiger partial charge in [0.15, 0.2) is 5.82 Å². The third-order valence-electron chi connectivity index (χ3n) is 3.63. The van der Waals surface area contributed by atoms with Crippen LogP contribution in [0.2, 0.25) is 5.02 Å². The first kappa shape index (κ1) is 19.5. The minimum absolute atomic E-state index is 0.0601. The van der Waals surface area contributed by atoms with Crippen LogP contribution in [0.3, 0.4) is 0 Å². The third kappa shape index (κ3) is 4.35. The molecule has 3 rings (SSSR count). The van der Waals surface area contributed by atoms with Gasteiger partial charge in [0.05, 0.1) is 17.7 Å². The standard InChI is InChI=1S/C17H15ClN6O3S/c1-2-27-13-6-4-12(5-7-13)16-20-21-17(28)23(16)22-19-10-11-3-8-14(18)15(9-11)24(25)26/h3-10,22H,2H2,1H3,(H,21,28)/b19-10-. The van der Waals surface area contributed by atoms with Crippen LogP contribution in [0.5, 0.6) is 5.75 Å². The normalized spacial score (nSPS) is 10.9. The van der Waals surface area contributed by atoms with Gasteiger partial charge in [0.25, 0.3) is 5.69 Å². The number of H-pyrrole nitrogens is 1. The summed E-state index contributed by atoms with van der Waals surface area (Å²) >= 11 is 11.0. The van der Waals surface area contributed by atoms with E-state index in [1.807, 2.05) is 31.2 Å². The first-order valence-electron chi connectivity index (χ1n) is 8.13. The number of ether oxygens (including phenoxy) is 1. The van der Waals surface area contributed by atoms with Crippen LogP contribution in [0.4, 0.5) is 5.69 Å². The summed E-state index contributed by atoms with van der Waals surface area (Å²) in [6.45, 7) is 2.49.